The maximum atomic E-state index is 11.2. The Morgan fingerprint density at radius 3 is 2.21 bits per heavy atom. The molecule has 0 unspecified atom stereocenters. The Kier molecular flexibility index (Phi) is 5.08. The fourth-order valence-electron chi connectivity index (χ4n) is 3.58. The molecule has 1 aromatic heterocycles. The van der Waals surface area contributed by atoms with E-state index in [1.807, 2.05) is 50.4 Å². The first kappa shape index (κ1) is 18.2. The van der Waals surface area contributed by atoms with Crippen LogP contribution in [0.15, 0.2) is 71.9 Å². The van der Waals surface area contributed by atoms with Gasteiger partial charge in [-0.2, -0.15) is 0 Å². The number of nitrogens with one attached hydrogen (secondary N) is 3. The normalized spacial score (nSPS) is 14.7. The van der Waals surface area contributed by atoms with Crippen LogP contribution in [0.4, 0.5) is 28.7 Å². The predicted octanol–water partition coefficient (Wildman–Crippen LogP) is 4.48. The highest BCUT2D eigenvalue weighted by molar-refractivity contribution is 6.05. The molecule has 28 heavy (non-hydrogen) atoms. The van der Waals surface area contributed by atoms with E-state index >= 15 is 0 Å². The second-order valence-electron chi connectivity index (χ2n) is 7.03. The Hall–Kier alpha value is -3.19. The highest BCUT2D eigenvalue weighted by atomic mass is 16.3. The zero-order valence-corrected chi connectivity index (χ0v) is 15.8. The van der Waals surface area contributed by atoms with Gasteiger partial charge in [0.05, 0.1) is 0 Å². The molecule has 3 aromatic rings. The number of para-hydroxylation sites is 1. The standard InChI is InChI=1S/C21H22BN5O/c22-27-21(13-4-14-21)15-7-9-17(10-8-15)24-20-18(26-28)11-12-19(25-20)23-16-5-2-1-3-6-16/h1-3,5-12,27H,4,13-14,22H2,(H2,23,24,25). The molecule has 1 aliphatic rings. The van der Waals surface area contributed by atoms with Gasteiger partial charge in [0.2, 0.25) is 0 Å². The molecule has 0 spiro atoms. The lowest BCUT2D eigenvalue weighted by Gasteiger charge is -2.43. The first-order valence-electron chi connectivity index (χ1n) is 9.45. The second-order valence-corrected chi connectivity index (χ2v) is 7.03. The minimum absolute atomic E-state index is 0.103. The highest BCUT2D eigenvalue weighted by Crippen LogP contribution is 2.41. The maximum Gasteiger partial charge on any atom is 0.182 e. The summed E-state index contributed by atoms with van der Waals surface area (Å²) in [6.45, 7) is 0. The Morgan fingerprint density at radius 1 is 0.893 bits per heavy atom. The number of hydrogen-bond acceptors (Lipinski definition) is 6. The third-order valence-electron chi connectivity index (χ3n) is 5.40. The molecule has 1 heterocycles. The number of hydrogen-bond donors (Lipinski definition) is 3. The van der Waals surface area contributed by atoms with Crippen LogP contribution in [0.25, 0.3) is 0 Å². The number of pyridine rings is 1. The van der Waals surface area contributed by atoms with E-state index in [1.165, 1.54) is 12.0 Å². The van der Waals surface area contributed by atoms with Crippen LogP contribution in [-0.4, -0.2) is 13.0 Å². The van der Waals surface area contributed by atoms with Gasteiger partial charge >= 0.3 is 0 Å². The van der Waals surface area contributed by atoms with Gasteiger partial charge in [-0.25, -0.2) is 4.98 Å². The molecule has 0 saturated heterocycles. The smallest absolute Gasteiger partial charge is 0.182 e. The summed E-state index contributed by atoms with van der Waals surface area (Å²) in [6.07, 6.45) is 3.56. The van der Waals surface area contributed by atoms with Crippen molar-refractivity contribution in [2.45, 2.75) is 24.8 Å². The van der Waals surface area contributed by atoms with E-state index in [4.69, 9.17) is 0 Å². The number of nitroso groups, excluding NO2 is 1. The molecule has 0 radical (unpaired) electrons. The largest absolute Gasteiger partial charge is 0.353 e. The summed E-state index contributed by atoms with van der Waals surface area (Å²) < 4.78 is 0. The Bertz CT molecular complexity index is 953. The molecular formula is C21H22BN5O. The number of anilines is 4. The summed E-state index contributed by atoms with van der Waals surface area (Å²) in [5.41, 5.74) is 3.45. The van der Waals surface area contributed by atoms with Crippen molar-refractivity contribution in [2.24, 2.45) is 5.18 Å². The van der Waals surface area contributed by atoms with Crippen molar-refractivity contribution in [3.8, 4) is 0 Å². The van der Waals surface area contributed by atoms with Crippen molar-refractivity contribution in [3.05, 3.63) is 77.2 Å². The zero-order valence-electron chi connectivity index (χ0n) is 15.8. The van der Waals surface area contributed by atoms with E-state index in [-0.39, 0.29) is 11.2 Å². The molecule has 1 saturated carbocycles. The van der Waals surface area contributed by atoms with Crippen molar-refractivity contribution in [2.75, 3.05) is 10.6 Å². The fraction of sp³-hybridized carbons (Fsp3) is 0.190. The van der Waals surface area contributed by atoms with Gasteiger partial charge in [-0.1, -0.05) is 30.3 Å². The average Bonchev–Trinajstić information content (AvgIpc) is 2.70. The van der Waals surface area contributed by atoms with Gasteiger partial charge in [0.25, 0.3) is 0 Å². The van der Waals surface area contributed by atoms with Crippen LogP contribution in [0.3, 0.4) is 0 Å². The molecule has 0 amide bonds. The summed E-state index contributed by atoms with van der Waals surface area (Å²) in [5.74, 6) is 1.07. The molecule has 2 aromatic carbocycles. The van der Waals surface area contributed by atoms with Gasteiger partial charge in [-0.15, -0.1) is 4.91 Å². The first-order chi connectivity index (χ1) is 13.7. The van der Waals surface area contributed by atoms with Gasteiger partial charge in [-0.05, 0) is 66.4 Å². The molecule has 0 atom stereocenters. The van der Waals surface area contributed by atoms with Crippen LogP contribution in [0.1, 0.15) is 24.8 Å². The molecule has 140 valence electrons. The number of nitrogens with zero attached hydrogens (tertiary/aromatic N) is 2. The fourth-order valence-corrected chi connectivity index (χ4v) is 3.58. The molecule has 1 fully saturated rings. The molecule has 4 rings (SSSR count). The molecule has 6 nitrogen and oxygen atoms in total. The van der Waals surface area contributed by atoms with E-state index in [1.54, 1.807) is 12.1 Å². The van der Waals surface area contributed by atoms with Gasteiger partial charge in [0.15, 0.2) is 19.5 Å². The van der Waals surface area contributed by atoms with Crippen molar-refractivity contribution in [3.63, 3.8) is 0 Å². The minimum atomic E-state index is 0.103. The van der Waals surface area contributed by atoms with Crippen molar-refractivity contribution < 1.29 is 0 Å². The van der Waals surface area contributed by atoms with Crippen LogP contribution in [-0.2, 0) is 5.54 Å². The predicted molar refractivity (Wildman–Crippen MR) is 116 cm³/mol. The molecule has 3 N–H and O–H groups in total. The van der Waals surface area contributed by atoms with E-state index in [0.717, 1.165) is 24.2 Å². The van der Waals surface area contributed by atoms with Gasteiger partial charge in [0, 0.05) is 16.9 Å². The highest BCUT2D eigenvalue weighted by Gasteiger charge is 2.36. The lowest BCUT2D eigenvalue weighted by Crippen LogP contribution is -2.46. The monoisotopic (exact) mass is 371 g/mol. The van der Waals surface area contributed by atoms with Crippen molar-refractivity contribution >= 4 is 36.7 Å². The lowest BCUT2D eigenvalue weighted by molar-refractivity contribution is 0.227. The van der Waals surface area contributed by atoms with E-state index in [0.29, 0.717) is 11.6 Å². The lowest BCUT2D eigenvalue weighted by atomic mass is 9.71. The van der Waals surface area contributed by atoms with E-state index < -0.39 is 0 Å². The molecule has 7 heteroatoms. The molecular weight excluding hydrogens is 349 g/mol. The Labute approximate surface area is 165 Å². The van der Waals surface area contributed by atoms with Crippen LogP contribution < -0.4 is 15.9 Å². The summed E-state index contributed by atoms with van der Waals surface area (Å²) in [5, 5.41) is 13.0. The molecule has 0 bridgehead atoms. The summed E-state index contributed by atoms with van der Waals surface area (Å²) in [4.78, 5) is 15.7. The number of aromatic nitrogens is 1. The van der Waals surface area contributed by atoms with Crippen LogP contribution in [0.2, 0.25) is 0 Å². The quantitative estimate of drug-likeness (QED) is 0.422. The van der Waals surface area contributed by atoms with Gasteiger partial charge in [0.1, 0.15) is 5.82 Å². The van der Waals surface area contributed by atoms with Crippen LogP contribution >= 0.6 is 0 Å². The second kappa shape index (κ2) is 7.82. The molecule has 1 aliphatic carbocycles. The third-order valence-corrected chi connectivity index (χ3v) is 5.40. The van der Waals surface area contributed by atoms with Crippen LogP contribution in [0, 0.1) is 4.91 Å². The number of benzene rings is 2. The number of rotatable bonds is 7. The maximum absolute atomic E-state index is 11.2. The van der Waals surface area contributed by atoms with Crippen molar-refractivity contribution in [1.29, 1.82) is 0 Å². The third kappa shape index (κ3) is 3.61. The van der Waals surface area contributed by atoms with Crippen molar-refractivity contribution in [1.82, 2.24) is 10.2 Å². The Morgan fingerprint density at radius 2 is 1.61 bits per heavy atom. The average molecular weight is 371 g/mol. The van der Waals surface area contributed by atoms with E-state index in [2.05, 4.69) is 38.2 Å². The molecule has 0 aliphatic heterocycles. The summed E-state index contributed by atoms with van der Waals surface area (Å²) in [6, 6.07) is 21.4. The summed E-state index contributed by atoms with van der Waals surface area (Å²) in [7, 11) is 2.02. The Balaban J connectivity index is 1.55. The van der Waals surface area contributed by atoms with E-state index in [9.17, 15) is 4.91 Å². The zero-order chi connectivity index (χ0) is 19.4. The SMILES string of the molecule is BNC1(c2ccc(Nc3nc(Nc4ccccc4)ccc3N=O)cc2)CCC1. The van der Waals surface area contributed by atoms with Gasteiger partial charge in [-0.3, -0.25) is 0 Å². The first-order valence-corrected chi connectivity index (χ1v) is 9.45. The topological polar surface area (TPSA) is 78.4 Å². The summed E-state index contributed by atoms with van der Waals surface area (Å²) >= 11 is 0. The van der Waals surface area contributed by atoms with Crippen LogP contribution in [0.5, 0.6) is 0 Å². The minimum Gasteiger partial charge on any atom is -0.353 e. The van der Waals surface area contributed by atoms with Gasteiger partial charge < -0.3 is 15.9 Å².